The van der Waals surface area contributed by atoms with E-state index in [-0.39, 0.29) is 5.91 Å². The number of nitrogens with zero attached hydrogens (tertiary/aromatic N) is 3. The summed E-state index contributed by atoms with van der Waals surface area (Å²) in [5, 5.41) is 2.88. The second kappa shape index (κ2) is 6.96. The highest BCUT2D eigenvalue weighted by atomic mass is 16.1. The van der Waals surface area contributed by atoms with E-state index in [1.807, 2.05) is 39.2 Å². The van der Waals surface area contributed by atoms with Crippen molar-refractivity contribution in [2.75, 3.05) is 46.2 Å². The molecular formula is C13H22N4O. The zero-order valence-electron chi connectivity index (χ0n) is 11.6. The van der Waals surface area contributed by atoms with Crippen LogP contribution in [-0.4, -0.2) is 57.1 Å². The van der Waals surface area contributed by atoms with E-state index in [9.17, 15) is 4.79 Å². The van der Waals surface area contributed by atoms with E-state index in [0.29, 0.717) is 12.1 Å². The number of carbonyl (C=O) groups excluding carboxylic acids is 1. The van der Waals surface area contributed by atoms with E-state index >= 15 is 0 Å². The van der Waals surface area contributed by atoms with E-state index in [1.54, 1.807) is 12.3 Å². The second-order valence-corrected chi connectivity index (χ2v) is 4.71. The lowest BCUT2D eigenvalue weighted by Crippen LogP contribution is -2.27. The number of carbonyl (C=O) groups is 1. The Morgan fingerprint density at radius 3 is 2.50 bits per heavy atom. The average molecular weight is 250 g/mol. The molecule has 5 nitrogen and oxygen atoms in total. The van der Waals surface area contributed by atoms with Crippen molar-refractivity contribution in [3.63, 3.8) is 0 Å². The normalized spacial score (nSPS) is 10.5. The van der Waals surface area contributed by atoms with Crippen LogP contribution in [-0.2, 0) is 0 Å². The first kappa shape index (κ1) is 14.4. The molecule has 0 aliphatic rings. The molecule has 0 atom stereocenters. The predicted molar refractivity (Wildman–Crippen MR) is 74.1 cm³/mol. The third kappa shape index (κ3) is 4.71. The van der Waals surface area contributed by atoms with Gasteiger partial charge >= 0.3 is 0 Å². The topological polar surface area (TPSA) is 48.5 Å². The lowest BCUT2D eigenvalue weighted by molar-refractivity contribution is 0.0952. The van der Waals surface area contributed by atoms with E-state index < -0.39 is 0 Å². The van der Waals surface area contributed by atoms with Crippen LogP contribution < -0.4 is 10.2 Å². The van der Waals surface area contributed by atoms with Crippen LogP contribution in [0.2, 0.25) is 0 Å². The van der Waals surface area contributed by atoms with Gasteiger partial charge in [-0.2, -0.15) is 0 Å². The summed E-state index contributed by atoms with van der Waals surface area (Å²) in [7, 11) is 7.88. The van der Waals surface area contributed by atoms with E-state index in [4.69, 9.17) is 0 Å². The molecule has 1 aromatic rings. The molecule has 1 rings (SSSR count). The van der Waals surface area contributed by atoms with E-state index in [2.05, 4.69) is 15.2 Å². The zero-order valence-corrected chi connectivity index (χ0v) is 11.6. The molecule has 1 heterocycles. The molecule has 5 heteroatoms. The Kier molecular flexibility index (Phi) is 5.58. The summed E-state index contributed by atoms with van der Waals surface area (Å²) in [5.74, 6) is 0.783. The van der Waals surface area contributed by atoms with Gasteiger partial charge in [0, 0.05) is 26.8 Å². The second-order valence-electron chi connectivity index (χ2n) is 4.71. The highest BCUT2D eigenvalue weighted by Crippen LogP contribution is 2.07. The van der Waals surface area contributed by atoms with Crippen molar-refractivity contribution in [1.82, 2.24) is 15.2 Å². The lowest BCUT2D eigenvalue weighted by atomic mass is 10.2. The summed E-state index contributed by atoms with van der Waals surface area (Å²) >= 11 is 0. The number of hydrogen-bond acceptors (Lipinski definition) is 4. The summed E-state index contributed by atoms with van der Waals surface area (Å²) in [4.78, 5) is 20.0. The van der Waals surface area contributed by atoms with Crippen LogP contribution in [0.4, 0.5) is 5.82 Å². The van der Waals surface area contributed by atoms with E-state index in [1.165, 1.54) is 0 Å². The first-order valence-electron chi connectivity index (χ1n) is 6.07. The fraction of sp³-hybridized carbons (Fsp3) is 0.538. The largest absolute Gasteiger partial charge is 0.363 e. The molecule has 0 aromatic carbocycles. The van der Waals surface area contributed by atoms with Gasteiger partial charge in [0.25, 0.3) is 5.91 Å². The first-order valence-corrected chi connectivity index (χ1v) is 6.07. The number of amides is 1. The summed E-state index contributed by atoms with van der Waals surface area (Å²) in [6.45, 7) is 1.66. The number of rotatable bonds is 6. The maximum absolute atomic E-state index is 11.8. The molecule has 0 unspecified atom stereocenters. The van der Waals surface area contributed by atoms with Crippen molar-refractivity contribution in [3.8, 4) is 0 Å². The quantitative estimate of drug-likeness (QED) is 0.760. The molecule has 0 aliphatic carbocycles. The van der Waals surface area contributed by atoms with Crippen molar-refractivity contribution in [2.24, 2.45) is 0 Å². The highest BCUT2D eigenvalue weighted by molar-refractivity contribution is 5.94. The van der Waals surface area contributed by atoms with Crippen molar-refractivity contribution in [3.05, 3.63) is 23.9 Å². The van der Waals surface area contributed by atoms with Gasteiger partial charge in [0.05, 0.1) is 5.56 Å². The Labute approximate surface area is 109 Å². The fourth-order valence-electron chi connectivity index (χ4n) is 1.48. The van der Waals surface area contributed by atoms with Crippen LogP contribution in [0.15, 0.2) is 18.3 Å². The maximum atomic E-state index is 11.8. The van der Waals surface area contributed by atoms with Crippen molar-refractivity contribution < 1.29 is 4.79 Å². The van der Waals surface area contributed by atoms with Gasteiger partial charge in [-0.3, -0.25) is 4.79 Å². The van der Waals surface area contributed by atoms with Gasteiger partial charge in [0.15, 0.2) is 0 Å². The monoisotopic (exact) mass is 250 g/mol. The molecule has 0 saturated heterocycles. The predicted octanol–water partition coefficient (Wildman–Crippen LogP) is 0.829. The Hall–Kier alpha value is -1.62. The van der Waals surface area contributed by atoms with Crippen LogP contribution in [0.1, 0.15) is 16.8 Å². The van der Waals surface area contributed by atoms with Gasteiger partial charge in [0.2, 0.25) is 0 Å². The number of anilines is 1. The molecule has 1 aromatic heterocycles. The standard InChI is InChI=1S/C13H22N4O/c1-16(2)9-5-8-14-13(18)11-6-7-12(15-10-11)17(3)4/h6-7,10H,5,8-9H2,1-4H3,(H,14,18). The van der Waals surface area contributed by atoms with Crippen molar-refractivity contribution in [2.45, 2.75) is 6.42 Å². The SMILES string of the molecule is CN(C)CCCNC(=O)c1ccc(N(C)C)nc1. The molecule has 0 bridgehead atoms. The molecule has 100 valence electrons. The third-order valence-corrected chi connectivity index (χ3v) is 2.54. The van der Waals surface area contributed by atoms with E-state index in [0.717, 1.165) is 18.8 Å². The summed E-state index contributed by atoms with van der Waals surface area (Å²) in [6.07, 6.45) is 2.55. The third-order valence-electron chi connectivity index (χ3n) is 2.54. The van der Waals surface area contributed by atoms with Crippen LogP contribution in [0.5, 0.6) is 0 Å². The number of nitrogens with one attached hydrogen (secondary N) is 1. The van der Waals surface area contributed by atoms with Crippen LogP contribution in [0.3, 0.4) is 0 Å². The molecule has 0 saturated carbocycles. The van der Waals surface area contributed by atoms with Gasteiger partial charge in [0.1, 0.15) is 5.82 Å². The number of pyridine rings is 1. The van der Waals surface area contributed by atoms with Gasteiger partial charge in [-0.15, -0.1) is 0 Å². The van der Waals surface area contributed by atoms with Crippen LogP contribution in [0.25, 0.3) is 0 Å². The fourth-order valence-corrected chi connectivity index (χ4v) is 1.48. The zero-order chi connectivity index (χ0) is 13.5. The summed E-state index contributed by atoms with van der Waals surface area (Å²) < 4.78 is 0. The Morgan fingerprint density at radius 1 is 1.28 bits per heavy atom. The Bertz CT molecular complexity index is 373. The van der Waals surface area contributed by atoms with Gasteiger partial charge < -0.3 is 15.1 Å². The maximum Gasteiger partial charge on any atom is 0.252 e. The minimum atomic E-state index is -0.0634. The lowest BCUT2D eigenvalue weighted by Gasteiger charge is -2.12. The number of aromatic nitrogens is 1. The molecule has 1 amide bonds. The molecular weight excluding hydrogens is 228 g/mol. The van der Waals surface area contributed by atoms with Crippen LogP contribution in [0, 0.1) is 0 Å². The smallest absolute Gasteiger partial charge is 0.252 e. The summed E-state index contributed by atoms with van der Waals surface area (Å²) in [6, 6.07) is 3.64. The molecule has 0 aliphatic heterocycles. The molecule has 0 fully saturated rings. The Balaban J connectivity index is 2.42. The van der Waals surface area contributed by atoms with Gasteiger partial charge in [-0.25, -0.2) is 4.98 Å². The minimum absolute atomic E-state index is 0.0634. The summed E-state index contributed by atoms with van der Waals surface area (Å²) in [5.41, 5.74) is 0.602. The van der Waals surface area contributed by atoms with Crippen molar-refractivity contribution in [1.29, 1.82) is 0 Å². The highest BCUT2D eigenvalue weighted by Gasteiger charge is 2.05. The Morgan fingerprint density at radius 2 is 2.00 bits per heavy atom. The minimum Gasteiger partial charge on any atom is -0.363 e. The molecule has 0 spiro atoms. The average Bonchev–Trinajstić information content (AvgIpc) is 2.34. The number of hydrogen-bond donors (Lipinski definition) is 1. The van der Waals surface area contributed by atoms with Gasteiger partial charge in [-0.1, -0.05) is 0 Å². The molecule has 1 N–H and O–H groups in total. The van der Waals surface area contributed by atoms with Crippen molar-refractivity contribution >= 4 is 11.7 Å². The first-order chi connectivity index (χ1) is 8.50. The molecule has 0 radical (unpaired) electrons. The molecule has 18 heavy (non-hydrogen) atoms. The van der Waals surface area contributed by atoms with Gasteiger partial charge in [-0.05, 0) is 39.2 Å². The van der Waals surface area contributed by atoms with Crippen LogP contribution >= 0.6 is 0 Å².